The van der Waals surface area contributed by atoms with Gasteiger partial charge in [0.1, 0.15) is 11.5 Å². The van der Waals surface area contributed by atoms with Crippen molar-refractivity contribution >= 4 is 28.8 Å². The molecule has 0 saturated carbocycles. The van der Waals surface area contributed by atoms with E-state index in [2.05, 4.69) is 18.9 Å². The van der Waals surface area contributed by atoms with E-state index in [1.165, 1.54) is 0 Å². The van der Waals surface area contributed by atoms with E-state index in [0.29, 0.717) is 5.92 Å². The van der Waals surface area contributed by atoms with Crippen LogP contribution in [0.4, 0.5) is 5.82 Å². The Bertz CT molecular complexity index is 554. The predicted molar refractivity (Wildman–Crippen MR) is 74.8 cm³/mol. The molecule has 2 heterocycles. The molecular weight excluding hydrogens is 254 g/mol. The first-order valence-electron chi connectivity index (χ1n) is 5.49. The number of hydrogen-bond acceptors (Lipinski definition) is 3. The van der Waals surface area contributed by atoms with Gasteiger partial charge in [0, 0.05) is 12.6 Å². The molecule has 17 heavy (non-hydrogen) atoms. The van der Waals surface area contributed by atoms with E-state index in [9.17, 15) is 0 Å². The van der Waals surface area contributed by atoms with Crippen molar-refractivity contribution in [3.63, 3.8) is 0 Å². The molecule has 92 valence electrons. The second-order valence-electron chi connectivity index (χ2n) is 4.49. The minimum atomic E-state index is 0.331. The Morgan fingerprint density at radius 2 is 2.12 bits per heavy atom. The third-order valence-electron chi connectivity index (χ3n) is 2.82. The molecule has 3 nitrogen and oxygen atoms in total. The fourth-order valence-corrected chi connectivity index (χ4v) is 3.16. The number of aromatic nitrogens is 2. The Morgan fingerprint density at radius 3 is 2.59 bits per heavy atom. The summed E-state index contributed by atoms with van der Waals surface area (Å²) in [5.74, 6) is 1.05. The maximum absolute atomic E-state index is 6.30. The van der Waals surface area contributed by atoms with Crippen molar-refractivity contribution in [1.82, 2.24) is 9.78 Å². The molecule has 2 rings (SSSR count). The number of halogens is 1. The highest BCUT2D eigenvalue weighted by Crippen LogP contribution is 2.41. The summed E-state index contributed by atoms with van der Waals surface area (Å²) in [4.78, 5) is 1.01. The maximum Gasteiger partial charge on any atom is 0.125 e. The third kappa shape index (κ3) is 1.96. The molecule has 2 N–H and O–H groups in total. The van der Waals surface area contributed by atoms with Gasteiger partial charge in [0.2, 0.25) is 0 Å². The summed E-state index contributed by atoms with van der Waals surface area (Å²) >= 11 is 7.92. The van der Waals surface area contributed by atoms with Crippen LogP contribution >= 0.6 is 22.9 Å². The third-order valence-corrected chi connectivity index (χ3v) is 4.52. The number of hydrogen-bond donors (Lipinski definition) is 1. The van der Waals surface area contributed by atoms with Gasteiger partial charge in [-0.15, -0.1) is 11.3 Å². The molecule has 0 aliphatic carbocycles. The summed E-state index contributed by atoms with van der Waals surface area (Å²) in [6.45, 7) is 6.24. The van der Waals surface area contributed by atoms with Crippen LogP contribution in [0.1, 0.15) is 30.9 Å². The lowest BCUT2D eigenvalue weighted by molar-refractivity contribution is 0.780. The van der Waals surface area contributed by atoms with Crippen molar-refractivity contribution < 1.29 is 0 Å². The van der Waals surface area contributed by atoms with E-state index in [0.717, 1.165) is 32.5 Å². The zero-order valence-corrected chi connectivity index (χ0v) is 12.0. The molecule has 2 aromatic heterocycles. The molecule has 0 amide bonds. The Labute approximate surface area is 110 Å². The molecule has 0 aliphatic rings. The number of nitrogens with two attached hydrogens (primary N) is 1. The molecule has 0 spiro atoms. The Hall–Kier alpha value is -1.00. The normalized spacial score (nSPS) is 11.4. The van der Waals surface area contributed by atoms with E-state index in [4.69, 9.17) is 17.3 Å². The molecule has 2 aromatic rings. The minimum Gasteiger partial charge on any atom is -0.384 e. The van der Waals surface area contributed by atoms with Crippen LogP contribution in [0.3, 0.4) is 0 Å². The molecule has 0 saturated heterocycles. The Morgan fingerprint density at radius 1 is 1.47 bits per heavy atom. The maximum atomic E-state index is 6.30. The van der Waals surface area contributed by atoms with Gasteiger partial charge in [0.25, 0.3) is 0 Å². The van der Waals surface area contributed by atoms with Crippen LogP contribution in [-0.2, 0) is 7.05 Å². The molecule has 0 radical (unpaired) electrons. The minimum absolute atomic E-state index is 0.331. The fourth-order valence-electron chi connectivity index (χ4n) is 1.88. The summed E-state index contributed by atoms with van der Waals surface area (Å²) in [6.07, 6.45) is 0. The van der Waals surface area contributed by atoms with Crippen molar-refractivity contribution in [3.05, 3.63) is 21.5 Å². The van der Waals surface area contributed by atoms with Crippen LogP contribution in [0.15, 0.2) is 5.38 Å². The molecule has 0 aromatic carbocycles. The van der Waals surface area contributed by atoms with Gasteiger partial charge in [0.15, 0.2) is 0 Å². The van der Waals surface area contributed by atoms with Gasteiger partial charge in [-0.1, -0.05) is 25.4 Å². The van der Waals surface area contributed by atoms with Crippen LogP contribution in [0.25, 0.3) is 10.6 Å². The highest BCUT2D eigenvalue weighted by molar-refractivity contribution is 7.14. The van der Waals surface area contributed by atoms with Gasteiger partial charge >= 0.3 is 0 Å². The summed E-state index contributed by atoms with van der Waals surface area (Å²) < 4.78 is 1.72. The molecule has 0 fully saturated rings. The van der Waals surface area contributed by atoms with E-state index in [1.807, 2.05) is 19.4 Å². The lowest BCUT2D eigenvalue weighted by atomic mass is 10.0. The second kappa shape index (κ2) is 4.35. The monoisotopic (exact) mass is 269 g/mol. The van der Waals surface area contributed by atoms with Gasteiger partial charge < -0.3 is 5.73 Å². The van der Waals surface area contributed by atoms with Crippen molar-refractivity contribution in [3.8, 4) is 10.6 Å². The van der Waals surface area contributed by atoms with E-state index < -0.39 is 0 Å². The molecule has 5 heteroatoms. The zero-order valence-electron chi connectivity index (χ0n) is 10.4. The lowest BCUT2D eigenvalue weighted by Crippen LogP contribution is -2.00. The van der Waals surface area contributed by atoms with Crippen LogP contribution in [0, 0.1) is 6.92 Å². The zero-order chi connectivity index (χ0) is 12.7. The van der Waals surface area contributed by atoms with Gasteiger partial charge in [-0.25, -0.2) is 0 Å². The fraction of sp³-hybridized carbons (Fsp3) is 0.417. The van der Waals surface area contributed by atoms with Crippen molar-refractivity contribution in [2.24, 2.45) is 7.05 Å². The van der Waals surface area contributed by atoms with Gasteiger partial charge in [-0.3, -0.25) is 4.68 Å². The molecular formula is C12H16ClN3S. The first-order chi connectivity index (χ1) is 7.93. The summed E-state index contributed by atoms with van der Waals surface area (Å²) in [5, 5.41) is 7.33. The van der Waals surface area contributed by atoms with E-state index in [-0.39, 0.29) is 0 Å². The largest absolute Gasteiger partial charge is 0.384 e. The quantitative estimate of drug-likeness (QED) is 0.901. The highest BCUT2D eigenvalue weighted by atomic mass is 35.5. The van der Waals surface area contributed by atoms with Crippen LogP contribution < -0.4 is 5.73 Å². The lowest BCUT2D eigenvalue weighted by Gasteiger charge is -2.06. The topological polar surface area (TPSA) is 43.8 Å². The average molecular weight is 270 g/mol. The van der Waals surface area contributed by atoms with E-state index >= 15 is 0 Å². The van der Waals surface area contributed by atoms with Crippen LogP contribution in [-0.4, -0.2) is 9.78 Å². The number of aryl methyl sites for hydroxylation is 2. The summed E-state index contributed by atoms with van der Waals surface area (Å²) in [6, 6.07) is 0. The van der Waals surface area contributed by atoms with Crippen molar-refractivity contribution in [2.45, 2.75) is 26.7 Å². The number of thiophene rings is 1. The van der Waals surface area contributed by atoms with Crippen molar-refractivity contribution in [2.75, 3.05) is 5.73 Å². The number of anilines is 1. The standard InChI is InChI=1S/C12H16ClN3S/c1-6(2)8-10(15-16(4)12(8)14)11-9(13)7(3)5-17-11/h5-6H,14H2,1-4H3. The van der Waals surface area contributed by atoms with E-state index in [1.54, 1.807) is 16.0 Å². The Kier molecular flexibility index (Phi) is 3.19. The summed E-state index contributed by atoms with van der Waals surface area (Å²) in [5.41, 5.74) is 9.15. The molecule has 0 bridgehead atoms. The Balaban J connectivity index is 2.67. The van der Waals surface area contributed by atoms with Crippen LogP contribution in [0.5, 0.6) is 0 Å². The SMILES string of the molecule is Cc1csc(-c2nn(C)c(N)c2C(C)C)c1Cl. The average Bonchev–Trinajstić information content (AvgIpc) is 2.71. The number of rotatable bonds is 2. The van der Waals surface area contributed by atoms with Crippen molar-refractivity contribution in [1.29, 1.82) is 0 Å². The number of nitrogen functional groups attached to an aromatic ring is 1. The van der Waals surface area contributed by atoms with Gasteiger partial charge in [-0.2, -0.15) is 5.10 Å². The molecule has 0 aliphatic heterocycles. The molecule has 0 unspecified atom stereocenters. The first-order valence-corrected chi connectivity index (χ1v) is 6.75. The second-order valence-corrected chi connectivity index (χ2v) is 5.75. The first kappa shape index (κ1) is 12.5. The highest BCUT2D eigenvalue weighted by Gasteiger charge is 2.21. The number of nitrogens with zero attached hydrogens (tertiary/aromatic N) is 2. The predicted octanol–water partition coefficient (Wildman–Crippen LogP) is 3.82. The van der Waals surface area contributed by atoms with Crippen LogP contribution in [0.2, 0.25) is 5.02 Å². The van der Waals surface area contributed by atoms with Gasteiger partial charge in [-0.05, 0) is 23.8 Å². The molecule has 0 atom stereocenters. The van der Waals surface area contributed by atoms with Gasteiger partial charge in [0.05, 0.1) is 9.90 Å². The smallest absolute Gasteiger partial charge is 0.125 e. The summed E-state index contributed by atoms with van der Waals surface area (Å²) in [7, 11) is 1.86.